The summed E-state index contributed by atoms with van der Waals surface area (Å²) >= 11 is 0. The molecule has 2 aliphatic heterocycles. The average Bonchev–Trinajstić information content (AvgIpc) is 2.61. The highest BCUT2D eigenvalue weighted by Crippen LogP contribution is 2.20. The smallest absolute Gasteiger partial charge is 0.245 e. The number of rotatable bonds is 5. The Hall–Kier alpha value is -1.10. The summed E-state index contributed by atoms with van der Waals surface area (Å²) in [6.45, 7) is 8.14. The molecular formula is C16H29N3O2. The van der Waals surface area contributed by atoms with E-state index in [1.54, 1.807) is 0 Å². The zero-order chi connectivity index (χ0) is 15.2. The first kappa shape index (κ1) is 16.3. The van der Waals surface area contributed by atoms with Gasteiger partial charge in [0.15, 0.2) is 0 Å². The molecule has 0 spiro atoms. The van der Waals surface area contributed by atoms with Crippen LogP contribution in [0.2, 0.25) is 0 Å². The Morgan fingerprint density at radius 1 is 1.10 bits per heavy atom. The maximum absolute atomic E-state index is 12.7. The van der Waals surface area contributed by atoms with E-state index in [0.717, 1.165) is 45.3 Å². The third-order valence-electron chi connectivity index (χ3n) is 4.61. The van der Waals surface area contributed by atoms with Gasteiger partial charge >= 0.3 is 0 Å². The Morgan fingerprint density at radius 3 is 2.43 bits per heavy atom. The molecule has 0 radical (unpaired) electrons. The Bertz CT molecular complexity index is 365. The number of hydrogen-bond donors (Lipinski definition) is 1. The molecule has 0 aromatic rings. The van der Waals surface area contributed by atoms with Gasteiger partial charge in [-0.2, -0.15) is 0 Å². The van der Waals surface area contributed by atoms with Crippen molar-refractivity contribution in [2.24, 2.45) is 0 Å². The van der Waals surface area contributed by atoms with Crippen LogP contribution in [0.25, 0.3) is 0 Å². The maximum atomic E-state index is 12.7. The second-order valence-electron chi connectivity index (χ2n) is 6.26. The van der Waals surface area contributed by atoms with E-state index >= 15 is 0 Å². The molecule has 1 unspecified atom stereocenters. The van der Waals surface area contributed by atoms with E-state index in [2.05, 4.69) is 24.1 Å². The lowest BCUT2D eigenvalue weighted by Crippen LogP contribution is -2.51. The third-order valence-corrected chi connectivity index (χ3v) is 4.61. The van der Waals surface area contributed by atoms with Crippen molar-refractivity contribution in [2.45, 2.75) is 64.5 Å². The summed E-state index contributed by atoms with van der Waals surface area (Å²) in [5.41, 5.74) is 0. The van der Waals surface area contributed by atoms with E-state index < -0.39 is 0 Å². The number of nitrogens with zero attached hydrogens (tertiary/aromatic N) is 2. The minimum Gasteiger partial charge on any atom is -0.344 e. The average molecular weight is 295 g/mol. The van der Waals surface area contributed by atoms with Gasteiger partial charge in [0.05, 0.1) is 0 Å². The second-order valence-corrected chi connectivity index (χ2v) is 6.26. The van der Waals surface area contributed by atoms with Crippen molar-refractivity contribution in [3.8, 4) is 0 Å². The lowest BCUT2D eigenvalue weighted by atomic mass is 10.0. The molecule has 0 aromatic carbocycles. The number of carbonyl (C=O) groups excluding carboxylic acids is 2. The fourth-order valence-electron chi connectivity index (χ4n) is 3.48. The van der Waals surface area contributed by atoms with E-state index in [9.17, 15) is 9.59 Å². The molecule has 2 saturated heterocycles. The van der Waals surface area contributed by atoms with Gasteiger partial charge in [-0.1, -0.05) is 20.3 Å². The third kappa shape index (κ3) is 4.19. The van der Waals surface area contributed by atoms with Gasteiger partial charge in [-0.05, 0) is 32.2 Å². The highest BCUT2D eigenvalue weighted by Gasteiger charge is 2.34. The van der Waals surface area contributed by atoms with Crippen LogP contribution in [-0.2, 0) is 9.59 Å². The van der Waals surface area contributed by atoms with E-state index in [-0.39, 0.29) is 17.9 Å². The van der Waals surface area contributed by atoms with Crippen LogP contribution in [0.15, 0.2) is 0 Å². The SMILES string of the molecule is CCCC1NC(=O)CCN(C2CCN(CCC)CC2)C1=O. The fraction of sp³-hybridized carbons (Fsp3) is 0.875. The summed E-state index contributed by atoms with van der Waals surface area (Å²) < 4.78 is 0. The predicted octanol–water partition coefficient (Wildman–Crippen LogP) is 1.38. The van der Waals surface area contributed by atoms with Crippen LogP contribution in [-0.4, -0.2) is 59.9 Å². The minimum atomic E-state index is -0.307. The first-order chi connectivity index (χ1) is 10.2. The summed E-state index contributed by atoms with van der Waals surface area (Å²) in [4.78, 5) is 28.9. The van der Waals surface area contributed by atoms with E-state index in [1.807, 2.05) is 4.90 Å². The zero-order valence-electron chi connectivity index (χ0n) is 13.4. The number of hydrogen-bond acceptors (Lipinski definition) is 3. The lowest BCUT2D eigenvalue weighted by Gasteiger charge is -2.38. The molecule has 2 amide bonds. The van der Waals surface area contributed by atoms with Crippen LogP contribution in [0, 0.1) is 0 Å². The van der Waals surface area contributed by atoms with Crippen molar-refractivity contribution in [1.29, 1.82) is 0 Å². The molecule has 2 fully saturated rings. The largest absolute Gasteiger partial charge is 0.344 e. The molecule has 0 bridgehead atoms. The van der Waals surface area contributed by atoms with E-state index in [4.69, 9.17) is 0 Å². The van der Waals surface area contributed by atoms with Crippen molar-refractivity contribution in [3.63, 3.8) is 0 Å². The summed E-state index contributed by atoms with van der Waals surface area (Å²) in [6, 6.07) is 0.0105. The van der Waals surface area contributed by atoms with Gasteiger partial charge in [-0.15, -0.1) is 0 Å². The van der Waals surface area contributed by atoms with Crippen molar-refractivity contribution in [3.05, 3.63) is 0 Å². The maximum Gasteiger partial charge on any atom is 0.245 e. The highest BCUT2D eigenvalue weighted by atomic mass is 16.2. The number of carbonyl (C=O) groups is 2. The highest BCUT2D eigenvalue weighted by molar-refractivity contribution is 5.90. The van der Waals surface area contributed by atoms with Gasteiger partial charge in [0.1, 0.15) is 6.04 Å². The van der Waals surface area contributed by atoms with Gasteiger partial charge in [0.2, 0.25) is 11.8 Å². The quantitative estimate of drug-likeness (QED) is 0.833. The van der Waals surface area contributed by atoms with Gasteiger partial charge in [-0.3, -0.25) is 9.59 Å². The molecule has 2 heterocycles. The Labute approximate surface area is 128 Å². The van der Waals surface area contributed by atoms with Crippen LogP contribution in [0.1, 0.15) is 52.4 Å². The van der Waals surface area contributed by atoms with E-state index in [0.29, 0.717) is 19.0 Å². The monoisotopic (exact) mass is 295 g/mol. The Kier molecular flexibility index (Phi) is 6.03. The van der Waals surface area contributed by atoms with Gasteiger partial charge < -0.3 is 15.1 Å². The fourth-order valence-corrected chi connectivity index (χ4v) is 3.48. The van der Waals surface area contributed by atoms with E-state index in [1.165, 1.54) is 6.42 Å². The zero-order valence-corrected chi connectivity index (χ0v) is 13.4. The Morgan fingerprint density at radius 2 is 1.81 bits per heavy atom. The molecule has 5 heteroatoms. The summed E-state index contributed by atoms with van der Waals surface area (Å²) in [6.07, 6.45) is 5.37. The van der Waals surface area contributed by atoms with Crippen LogP contribution in [0.3, 0.4) is 0 Å². The lowest BCUT2D eigenvalue weighted by molar-refractivity contribution is -0.136. The summed E-state index contributed by atoms with van der Waals surface area (Å²) in [7, 11) is 0. The van der Waals surface area contributed by atoms with Crippen LogP contribution < -0.4 is 5.32 Å². The Balaban J connectivity index is 1.97. The molecule has 21 heavy (non-hydrogen) atoms. The standard InChI is InChI=1S/C16H29N3O2/c1-3-5-14-16(21)19(12-8-15(20)17-14)13-6-10-18(9-4-2)11-7-13/h13-14H,3-12H2,1-2H3,(H,17,20). The van der Waals surface area contributed by atoms with Gasteiger partial charge in [0.25, 0.3) is 0 Å². The topological polar surface area (TPSA) is 52.7 Å². The molecule has 0 saturated carbocycles. The predicted molar refractivity (Wildman–Crippen MR) is 82.9 cm³/mol. The van der Waals surface area contributed by atoms with Crippen molar-refractivity contribution < 1.29 is 9.59 Å². The molecule has 2 aliphatic rings. The van der Waals surface area contributed by atoms with Gasteiger partial charge in [-0.25, -0.2) is 0 Å². The summed E-state index contributed by atoms with van der Waals surface area (Å²) in [5, 5.41) is 2.89. The number of piperidine rings is 1. The molecule has 2 rings (SSSR count). The summed E-state index contributed by atoms with van der Waals surface area (Å²) in [5.74, 6) is 0.157. The number of nitrogens with one attached hydrogen (secondary N) is 1. The first-order valence-electron chi connectivity index (χ1n) is 8.47. The molecule has 0 aromatic heterocycles. The number of amides is 2. The first-order valence-corrected chi connectivity index (χ1v) is 8.47. The molecular weight excluding hydrogens is 266 g/mol. The van der Waals surface area contributed by atoms with Crippen LogP contribution in [0.5, 0.6) is 0 Å². The molecule has 1 N–H and O–H groups in total. The molecule has 0 aliphatic carbocycles. The second kappa shape index (κ2) is 7.78. The molecule has 120 valence electrons. The normalized spacial score (nSPS) is 25.8. The van der Waals surface area contributed by atoms with Crippen molar-refractivity contribution in [2.75, 3.05) is 26.2 Å². The van der Waals surface area contributed by atoms with Crippen LogP contribution in [0.4, 0.5) is 0 Å². The number of likely N-dealkylation sites (tertiary alicyclic amines) is 1. The molecule has 1 atom stereocenters. The van der Waals surface area contributed by atoms with Crippen molar-refractivity contribution in [1.82, 2.24) is 15.1 Å². The van der Waals surface area contributed by atoms with Crippen molar-refractivity contribution >= 4 is 11.8 Å². The minimum absolute atomic E-state index is 0.0210. The molecule has 5 nitrogen and oxygen atoms in total. The van der Waals surface area contributed by atoms with Gasteiger partial charge in [0, 0.05) is 32.1 Å². The van der Waals surface area contributed by atoms with Crippen LogP contribution >= 0.6 is 0 Å².